The van der Waals surface area contributed by atoms with Crippen LogP contribution in [0.25, 0.3) is 93.2 Å². The van der Waals surface area contributed by atoms with Crippen LogP contribution < -0.4 is 0 Å². The van der Waals surface area contributed by atoms with Crippen LogP contribution in [-0.2, 0) is 0 Å². The smallest absolute Gasteiger partial charge is 0.147 e. The summed E-state index contributed by atoms with van der Waals surface area (Å²) < 4.78 is 2.31. The number of fused-ring (bicyclic) bond motifs is 12. The molecule has 0 bridgehead atoms. The normalized spacial score (nSPS) is 12.0. The molecule has 45 heavy (non-hydrogen) atoms. The van der Waals surface area contributed by atoms with E-state index in [0.29, 0.717) is 0 Å². The summed E-state index contributed by atoms with van der Waals surface area (Å²) in [6.45, 7) is 0. The summed E-state index contributed by atoms with van der Waals surface area (Å²) in [4.78, 5) is 10.3. The summed E-state index contributed by atoms with van der Waals surface area (Å²) in [7, 11) is 0. The lowest BCUT2D eigenvalue weighted by atomic mass is 9.92. The molecule has 10 aromatic rings. The van der Waals surface area contributed by atoms with Crippen molar-refractivity contribution in [2.45, 2.75) is 0 Å². The van der Waals surface area contributed by atoms with E-state index in [2.05, 4.69) is 150 Å². The first-order valence-corrected chi connectivity index (χ1v) is 15.3. The van der Waals surface area contributed by atoms with Gasteiger partial charge in [-0.3, -0.25) is 4.40 Å². The molecule has 3 heterocycles. The predicted octanol–water partition coefficient (Wildman–Crippen LogP) is 11.0. The highest BCUT2D eigenvalue weighted by Gasteiger charge is 2.16. The monoisotopic (exact) mass is 571 g/mol. The molecule has 7 aromatic carbocycles. The van der Waals surface area contributed by atoms with Gasteiger partial charge in [0.15, 0.2) is 0 Å². The summed E-state index contributed by atoms with van der Waals surface area (Å²) >= 11 is 0. The number of hydrogen-bond acceptors (Lipinski definition) is 2. The van der Waals surface area contributed by atoms with Gasteiger partial charge in [-0.15, -0.1) is 0 Å². The van der Waals surface area contributed by atoms with Gasteiger partial charge in [-0.05, 0) is 80.2 Å². The highest BCUT2D eigenvalue weighted by molar-refractivity contribution is 6.16. The van der Waals surface area contributed by atoms with Crippen molar-refractivity contribution in [3.05, 3.63) is 152 Å². The number of nitrogens with zero attached hydrogens (tertiary/aromatic N) is 3. The number of para-hydroxylation sites is 3. The molecule has 0 unspecified atom stereocenters. The lowest BCUT2D eigenvalue weighted by molar-refractivity contribution is 1.31. The molecule has 0 atom stereocenters. The Labute approximate surface area is 258 Å². The number of hydrogen-bond donors (Lipinski definition) is 0. The Balaban J connectivity index is 1.19. The Morgan fingerprint density at radius 3 is 1.91 bits per heavy atom. The Morgan fingerprint density at radius 2 is 1.04 bits per heavy atom. The first-order valence-electron chi connectivity index (χ1n) is 15.3. The molecule has 0 aliphatic rings. The van der Waals surface area contributed by atoms with Crippen LogP contribution >= 0.6 is 0 Å². The van der Waals surface area contributed by atoms with Crippen molar-refractivity contribution in [2.24, 2.45) is 0 Å². The molecule has 0 saturated heterocycles. The fourth-order valence-corrected chi connectivity index (χ4v) is 7.17. The molecule has 0 aliphatic heterocycles. The Bertz CT molecular complexity index is 2810. The fourth-order valence-electron chi connectivity index (χ4n) is 7.17. The SMILES string of the molecule is c1ccc2nc3c4ccc(-c5ccc(-c6cc7ccccc7c7ccccc67)cc5)cc4n4c5ccccc5nc4c3cc2c1. The van der Waals surface area contributed by atoms with Gasteiger partial charge in [-0.2, -0.15) is 0 Å². The minimum atomic E-state index is 0.938. The second-order valence-electron chi connectivity index (χ2n) is 11.8. The Kier molecular flexibility index (Phi) is 5.00. The first kappa shape index (κ1) is 24.4. The second-order valence-corrected chi connectivity index (χ2v) is 11.8. The third-order valence-corrected chi connectivity index (χ3v) is 9.32. The molecule has 3 heteroatoms. The van der Waals surface area contributed by atoms with Gasteiger partial charge in [0, 0.05) is 16.2 Å². The summed E-state index contributed by atoms with van der Waals surface area (Å²) in [5, 5.41) is 8.42. The highest BCUT2D eigenvalue weighted by atomic mass is 15.0. The van der Waals surface area contributed by atoms with Gasteiger partial charge in [0.25, 0.3) is 0 Å². The van der Waals surface area contributed by atoms with Crippen molar-refractivity contribution >= 4 is 70.9 Å². The van der Waals surface area contributed by atoms with Gasteiger partial charge in [0.1, 0.15) is 5.65 Å². The number of benzene rings is 7. The molecule has 10 rings (SSSR count). The lowest BCUT2D eigenvalue weighted by Gasteiger charge is -2.13. The van der Waals surface area contributed by atoms with E-state index in [0.717, 1.165) is 55.0 Å². The first-order chi connectivity index (χ1) is 22.3. The van der Waals surface area contributed by atoms with Gasteiger partial charge >= 0.3 is 0 Å². The summed E-state index contributed by atoms with van der Waals surface area (Å²) in [5.41, 5.74) is 10.9. The number of pyridine rings is 2. The van der Waals surface area contributed by atoms with Crippen molar-refractivity contribution in [2.75, 3.05) is 0 Å². The molecule has 0 saturated carbocycles. The van der Waals surface area contributed by atoms with Crippen LogP contribution in [0.5, 0.6) is 0 Å². The summed E-state index contributed by atoms with van der Waals surface area (Å²) in [5.74, 6) is 0. The third-order valence-electron chi connectivity index (χ3n) is 9.32. The van der Waals surface area contributed by atoms with Crippen molar-refractivity contribution in [3.8, 4) is 22.3 Å². The summed E-state index contributed by atoms with van der Waals surface area (Å²) in [6.07, 6.45) is 0. The van der Waals surface area contributed by atoms with Crippen molar-refractivity contribution in [1.29, 1.82) is 0 Å². The van der Waals surface area contributed by atoms with Crippen LogP contribution in [-0.4, -0.2) is 14.4 Å². The molecule has 0 spiro atoms. The predicted molar refractivity (Wildman–Crippen MR) is 189 cm³/mol. The topological polar surface area (TPSA) is 30.2 Å². The van der Waals surface area contributed by atoms with Crippen molar-refractivity contribution in [3.63, 3.8) is 0 Å². The Hall–Kier alpha value is -6.06. The van der Waals surface area contributed by atoms with E-state index in [-0.39, 0.29) is 0 Å². The molecule has 3 nitrogen and oxygen atoms in total. The van der Waals surface area contributed by atoms with E-state index < -0.39 is 0 Å². The van der Waals surface area contributed by atoms with E-state index in [1.54, 1.807) is 0 Å². The zero-order valence-corrected chi connectivity index (χ0v) is 24.3. The number of imidazole rings is 1. The third kappa shape index (κ3) is 3.58. The molecule has 0 aliphatic carbocycles. The van der Waals surface area contributed by atoms with Crippen molar-refractivity contribution in [1.82, 2.24) is 14.4 Å². The van der Waals surface area contributed by atoms with Crippen LogP contribution in [0.15, 0.2) is 152 Å². The largest absolute Gasteiger partial charge is 0.292 e. The molecule has 0 fully saturated rings. The quantitative estimate of drug-likeness (QED) is 0.153. The zero-order chi connectivity index (χ0) is 29.5. The molecular weight excluding hydrogens is 546 g/mol. The van der Waals surface area contributed by atoms with Gasteiger partial charge in [0.2, 0.25) is 0 Å². The molecule has 0 N–H and O–H groups in total. The van der Waals surface area contributed by atoms with Crippen molar-refractivity contribution < 1.29 is 0 Å². The zero-order valence-electron chi connectivity index (χ0n) is 24.3. The molecule has 3 aromatic heterocycles. The molecular formula is C42H25N3. The standard InChI is InChI=1S/C42H25N3/c1-3-11-31-29(9-1)23-35(33-13-5-4-12-32(31)33)27-19-17-26(18-20-27)28-21-22-34-40(25-28)45-39-16-8-7-15-38(39)44-42(45)36-24-30-10-2-6-14-37(30)43-41(34)36/h1-25H. The molecule has 0 amide bonds. The average Bonchev–Trinajstić information content (AvgIpc) is 3.51. The minimum Gasteiger partial charge on any atom is -0.292 e. The van der Waals surface area contributed by atoms with Gasteiger partial charge in [-0.25, -0.2) is 9.97 Å². The highest BCUT2D eigenvalue weighted by Crippen LogP contribution is 2.38. The molecule has 0 radical (unpaired) electrons. The van der Waals surface area contributed by atoms with Gasteiger partial charge < -0.3 is 0 Å². The van der Waals surface area contributed by atoms with E-state index in [1.165, 1.54) is 38.2 Å². The van der Waals surface area contributed by atoms with Gasteiger partial charge in [0.05, 0.1) is 27.6 Å². The van der Waals surface area contributed by atoms with E-state index in [9.17, 15) is 0 Å². The fraction of sp³-hybridized carbons (Fsp3) is 0. The van der Waals surface area contributed by atoms with E-state index >= 15 is 0 Å². The Morgan fingerprint density at radius 1 is 0.378 bits per heavy atom. The summed E-state index contributed by atoms with van der Waals surface area (Å²) in [6, 6.07) is 54.4. The average molecular weight is 572 g/mol. The van der Waals surface area contributed by atoms with Crippen LogP contribution in [0, 0.1) is 0 Å². The van der Waals surface area contributed by atoms with Crippen LogP contribution in [0.3, 0.4) is 0 Å². The number of aromatic nitrogens is 3. The van der Waals surface area contributed by atoms with Crippen LogP contribution in [0.4, 0.5) is 0 Å². The lowest BCUT2D eigenvalue weighted by Crippen LogP contribution is -1.94. The van der Waals surface area contributed by atoms with Crippen LogP contribution in [0.1, 0.15) is 0 Å². The van der Waals surface area contributed by atoms with Crippen LogP contribution in [0.2, 0.25) is 0 Å². The van der Waals surface area contributed by atoms with E-state index in [4.69, 9.17) is 9.97 Å². The maximum absolute atomic E-state index is 5.17. The maximum atomic E-state index is 5.17. The van der Waals surface area contributed by atoms with E-state index in [1.807, 2.05) is 6.07 Å². The minimum absolute atomic E-state index is 0.938. The maximum Gasteiger partial charge on any atom is 0.147 e. The molecule has 208 valence electrons. The number of rotatable bonds is 2. The van der Waals surface area contributed by atoms with Gasteiger partial charge in [-0.1, -0.05) is 115 Å². The second kappa shape index (κ2) is 9.22.